The minimum atomic E-state index is -0.301. The summed E-state index contributed by atoms with van der Waals surface area (Å²) >= 11 is 0. The normalized spacial score (nSPS) is 11.0. The van der Waals surface area contributed by atoms with Crippen LogP contribution in [0.25, 0.3) is 6.08 Å². The van der Waals surface area contributed by atoms with Gasteiger partial charge < -0.3 is 10.1 Å². The maximum Gasteiger partial charge on any atom is 0.330 e. The van der Waals surface area contributed by atoms with Crippen LogP contribution < -0.4 is 5.32 Å². The number of esters is 1. The van der Waals surface area contributed by atoms with Gasteiger partial charge in [0, 0.05) is 18.3 Å². The van der Waals surface area contributed by atoms with Gasteiger partial charge >= 0.3 is 5.97 Å². The van der Waals surface area contributed by atoms with Gasteiger partial charge in [0.15, 0.2) is 0 Å². The van der Waals surface area contributed by atoms with E-state index in [-0.39, 0.29) is 5.97 Å². The Kier molecular flexibility index (Phi) is 16.3. The third-order valence-electron chi connectivity index (χ3n) is 5.55. The van der Waals surface area contributed by atoms with Gasteiger partial charge in [-0.2, -0.15) is 0 Å². The number of rotatable bonds is 19. The van der Waals surface area contributed by atoms with E-state index >= 15 is 0 Å². The van der Waals surface area contributed by atoms with E-state index in [1.807, 2.05) is 31.2 Å². The molecule has 0 spiro atoms. The molecule has 1 aromatic carbocycles. The van der Waals surface area contributed by atoms with E-state index in [2.05, 4.69) is 24.9 Å². The lowest BCUT2D eigenvalue weighted by molar-refractivity contribution is -0.137. The summed E-state index contributed by atoms with van der Waals surface area (Å²) in [4.78, 5) is 11.5. The van der Waals surface area contributed by atoms with Gasteiger partial charge in [-0.25, -0.2) is 4.79 Å². The van der Waals surface area contributed by atoms with E-state index in [0.29, 0.717) is 6.61 Å². The number of anilines is 1. The van der Waals surface area contributed by atoms with Crippen molar-refractivity contribution in [2.75, 3.05) is 18.5 Å². The Morgan fingerprint density at radius 1 is 0.903 bits per heavy atom. The Bertz CT molecular complexity index is 636. The summed E-state index contributed by atoms with van der Waals surface area (Å²) in [7, 11) is 0. The number of allylic oxidation sites excluding steroid dienone is 1. The van der Waals surface area contributed by atoms with Gasteiger partial charge in [-0.05, 0) is 56.7 Å². The first-order chi connectivity index (χ1) is 15.2. The Balaban J connectivity index is 2.09. The molecule has 174 valence electrons. The molecule has 3 nitrogen and oxygen atoms in total. The van der Waals surface area contributed by atoms with Crippen molar-refractivity contribution in [2.24, 2.45) is 0 Å². The highest BCUT2D eigenvalue weighted by atomic mass is 16.5. The van der Waals surface area contributed by atoms with Crippen molar-refractivity contribution in [2.45, 2.75) is 97.3 Å². The quantitative estimate of drug-likeness (QED) is 0.104. The molecule has 1 aromatic rings. The number of unbranched alkanes of at least 4 members (excludes halogenated alkanes) is 9. The van der Waals surface area contributed by atoms with Crippen molar-refractivity contribution in [3.63, 3.8) is 0 Å². The highest BCUT2D eigenvalue weighted by Gasteiger charge is 2.01. The molecule has 0 fully saturated rings. The minimum absolute atomic E-state index is 0.301. The summed E-state index contributed by atoms with van der Waals surface area (Å²) in [5.74, 6) is -0.301. The van der Waals surface area contributed by atoms with Crippen LogP contribution in [0, 0.1) is 0 Å². The van der Waals surface area contributed by atoms with Gasteiger partial charge in [0.1, 0.15) is 0 Å². The van der Waals surface area contributed by atoms with Crippen LogP contribution in [0.3, 0.4) is 0 Å². The molecule has 1 rings (SSSR count). The summed E-state index contributed by atoms with van der Waals surface area (Å²) in [6.07, 6.45) is 20.3. The molecule has 0 aliphatic carbocycles. The highest BCUT2D eigenvalue weighted by molar-refractivity contribution is 5.88. The third kappa shape index (κ3) is 14.6. The van der Waals surface area contributed by atoms with E-state index in [9.17, 15) is 4.79 Å². The largest absolute Gasteiger partial charge is 0.463 e. The number of hydrogen-bond donors (Lipinski definition) is 1. The van der Waals surface area contributed by atoms with Crippen molar-refractivity contribution in [3.05, 3.63) is 48.1 Å². The minimum Gasteiger partial charge on any atom is -0.463 e. The smallest absolute Gasteiger partial charge is 0.330 e. The van der Waals surface area contributed by atoms with Crippen LogP contribution >= 0.6 is 0 Å². The van der Waals surface area contributed by atoms with Crippen molar-refractivity contribution < 1.29 is 9.53 Å². The number of benzene rings is 1. The van der Waals surface area contributed by atoms with Crippen LogP contribution in [0.4, 0.5) is 5.69 Å². The predicted molar refractivity (Wildman–Crippen MR) is 135 cm³/mol. The average Bonchev–Trinajstić information content (AvgIpc) is 2.77. The number of carbonyl (C=O) groups is 1. The number of hydrogen-bond acceptors (Lipinski definition) is 3. The van der Waals surface area contributed by atoms with E-state index in [0.717, 1.165) is 30.6 Å². The molecule has 0 amide bonds. The lowest BCUT2D eigenvalue weighted by Gasteiger charge is -2.10. The van der Waals surface area contributed by atoms with Crippen LogP contribution in [-0.2, 0) is 9.53 Å². The van der Waals surface area contributed by atoms with Crippen LogP contribution in [0.1, 0.15) is 103 Å². The monoisotopic (exact) mass is 427 g/mol. The Morgan fingerprint density at radius 2 is 1.52 bits per heavy atom. The van der Waals surface area contributed by atoms with Crippen LogP contribution in [0.15, 0.2) is 42.5 Å². The Labute approximate surface area is 191 Å². The molecule has 0 heterocycles. The fourth-order valence-electron chi connectivity index (χ4n) is 3.69. The molecule has 31 heavy (non-hydrogen) atoms. The first-order valence-corrected chi connectivity index (χ1v) is 12.5. The molecular weight excluding hydrogens is 382 g/mol. The van der Waals surface area contributed by atoms with Crippen molar-refractivity contribution in [1.82, 2.24) is 0 Å². The van der Waals surface area contributed by atoms with Gasteiger partial charge in [-0.3, -0.25) is 0 Å². The zero-order valence-electron chi connectivity index (χ0n) is 20.1. The van der Waals surface area contributed by atoms with Gasteiger partial charge in [-0.15, -0.1) is 0 Å². The lowest BCUT2D eigenvalue weighted by atomic mass is 10.0. The number of carbonyl (C=O) groups excluding carboxylic acids is 1. The second-order valence-corrected chi connectivity index (χ2v) is 8.38. The summed E-state index contributed by atoms with van der Waals surface area (Å²) in [6.45, 7) is 9.70. The van der Waals surface area contributed by atoms with Crippen LogP contribution in [0.2, 0.25) is 0 Å². The third-order valence-corrected chi connectivity index (χ3v) is 5.55. The van der Waals surface area contributed by atoms with Crippen molar-refractivity contribution in [3.8, 4) is 0 Å². The fraction of sp³-hybridized carbons (Fsp3) is 0.607. The fourth-order valence-corrected chi connectivity index (χ4v) is 3.69. The second kappa shape index (κ2) is 18.7. The zero-order valence-corrected chi connectivity index (χ0v) is 20.1. The molecule has 0 unspecified atom stereocenters. The van der Waals surface area contributed by atoms with E-state index in [1.165, 1.54) is 82.3 Å². The Hall–Kier alpha value is -2.03. The standard InChI is InChI=1S/C28H45NO2/c1-4-6-7-8-9-10-11-13-18-25(3)19-14-12-17-24-29-27-21-16-15-20-26(27)22-23-28(30)31-5-2/h15-16,20-23,29H,3-14,17-19,24H2,1-2H3/b23-22+. The summed E-state index contributed by atoms with van der Waals surface area (Å²) in [5.41, 5.74) is 3.49. The molecule has 0 bridgehead atoms. The molecular formula is C28H45NO2. The molecule has 0 aromatic heterocycles. The number of ether oxygens (including phenoxy) is 1. The predicted octanol–water partition coefficient (Wildman–Crippen LogP) is 8.32. The van der Waals surface area contributed by atoms with Gasteiger partial charge in [0.05, 0.1) is 6.61 Å². The molecule has 0 aliphatic heterocycles. The summed E-state index contributed by atoms with van der Waals surface area (Å²) in [5, 5.41) is 3.50. The van der Waals surface area contributed by atoms with Gasteiger partial charge in [-0.1, -0.05) is 88.6 Å². The number of nitrogens with one attached hydrogen (secondary N) is 1. The van der Waals surface area contributed by atoms with E-state index in [4.69, 9.17) is 4.74 Å². The molecule has 0 atom stereocenters. The molecule has 0 saturated carbocycles. The maximum absolute atomic E-state index is 11.5. The first kappa shape index (κ1) is 27.0. The second-order valence-electron chi connectivity index (χ2n) is 8.38. The molecule has 0 radical (unpaired) electrons. The van der Waals surface area contributed by atoms with E-state index < -0.39 is 0 Å². The lowest BCUT2D eigenvalue weighted by Crippen LogP contribution is -2.03. The van der Waals surface area contributed by atoms with Crippen LogP contribution in [0.5, 0.6) is 0 Å². The van der Waals surface area contributed by atoms with Gasteiger partial charge in [0.25, 0.3) is 0 Å². The van der Waals surface area contributed by atoms with Crippen LogP contribution in [-0.4, -0.2) is 19.1 Å². The first-order valence-electron chi connectivity index (χ1n) is 12.5. The summed E-state index contributed by atoms with van der Waals surface area (Å²) < 4.78 is 4.95. The molecule has 0 saturated heterocycles. The van der Waals surface area contributed by atoms with Crippen molar-refractivity contribution in [1.29, 1.82) is 0 Å². The van der Waals surface area contributed by atoms with Gasteiger partial charge in [0.2, 0.25) is 0 Å². The number of para-hydroxylation sites is 1. The molecule has 1 N–H and O–H groups in total. The SMILES string of the molecule is C=C(CCCCCCCCCC)CCCCCNc1ccccc1/C=C/C(=O)OCC. The average molecular weight is 428 g/mol. The van der Waals surface area contributed by atoms with Crippen molar-refractivity contribution >= 4 is 17.7 Å². The Morgan fingerprint density at radius 3 is 2.19 bits per heavy atom. The molecule has 3 heteroatoms. The maximum atomic E-state index is 11.5. The highest BCUT2D eigenvalue weighted by Crippen LogP contribution is 2.18. The summed E-state index contributed by atoms with van der Waals surface area (Å²) in [6, 6.07) is 8.05. The zero-order chi connectivity index (χ0) is 22.6. The topological polar surface area (TPSA) is 38.3 Å². The van der Waals surface area contributed by atoms with E-state index in [1.54, 1.807) is 0 Å². The molecule has 0 aliphatic rings.